The molecule has 0 amide bonds. The van der Waals surface area contributed by atoms with Gasteiger partial charge in [0.1, 0.15) is 6.07 Å². The van der Waals surface area contributed by atoms with Crippen LogP contribution in [0.15, 0.2) is 57.0 Å². The number of hydrogen-bond acceptors (Lipinski definition) is 7. The Labute approximate surface area is 148 Å². The molecule has 0 atom stereocenters. The average molecular weight is 403 g/mol. The summed E-state index contributed by atoms with van der Waals surface area (Å²) in [6.45, 7) is 0. The topological polar surface area (TPSA) is 111 Å². The van der Waals surface area contributed by atoms with Gasteiger partial charge in [0.25, 0.3) is 5.69 Å². The van der Waals surface area contributed by atoms with Gasteiger partial charge in [-0.05, 0) is 52.5 Å². The number of benzene rings is 2. The molecule has 0 saturated heterocycles. The first kappa shape index (κ1) is 16.1. The summed E-state index contributed by atoms with van der Waals surface area (Å²) >= 11 is 4.52. The van der Waals surface area contributed by atoms with Crippen molar-refractivity contribution in [2.45, 2.75) is 10.1 Å². The molecule has 1 aromatic heterocycles. The van der Waals surface area contributed by atoms with Crippen LogP contribution in [0.3, 0.4) is 0 Å². The summed E-state index contributed by atoms with van der Waals surface area (Å²) in [6, 6.07) is 13.4. The van der Waals surface area contributed by atoms with E-state index in [-0.39, 0.29) is 11.3 Å². The van der Waals surface area contributed by atoms with Crippen molar-refractivity contribution in [1.29, 1.82) is 5.26 Å². The zero-order valence-electron chi connectivity index (χ0n) is 11.8. The number of rotatable bonds is 4. The van der Waals surface area contributed by atoms with Crippen molar-refractivity contribution in [3.05, 3.63) is 62.6 Å². The van der Waals surface area contributed by atoms with Gasteiger partial charge in [-0.2, -0.15) is 9.94 Å². The lowest BCUT2D eigenvalue weighted by atomic mass is 10.2. The van der Waals surface area contributed by atoms with Gasteiger partial charge >= 0.3 is 0 Å². The molecule has 0 aliphatic rings. The maximum atomic E-state index is 10.8. The van der Waals surface area contributed by atoms with Crippen LogP contribution in [-0.4, -0.2) is 25.1 Å². The van der Waals surface area contributed by atoms with Gasteiger partial charge in [0.15, 0.2) is 0 Å². The Hall–Kier alpha value is -2.77. The summed E-state index contributed by atoms with van der Waals surface area (Å²) in [7, 11) is 0. The van der Waals surface area contributed by atoms with E-state index in [9.17, 15) is 15.4 Å². The van der Waals surface area contributed by atoms with Crippen molar-refractivity contribution in [3.63, 3.8) is 0 Å². The van der Waals surface area contributed by atoms with E-state index in [4.69, 9.17) is 0 Å². The van der Waals surface area contributed by atoms with Crippen molar-refractivity contribution in [3.8, 4) is 11.8 Å². The van der Waals surface area contributed by atoms with Crippen LogP contribution >= 0.6 is 27.7 Å². The molecule has 0 saturated carbocycles. The Kier molecular flexibility index (Phi) is 4.54. The van der Waals surface area contributed by atoms with Crippen molar-refractivity contribution < 1.29 is 4.92 Å². The summed E-state index contributed by atoms with van der Waals surface area (Å²) in [6.07, 6.45) is 0. The van der Waals surface area contributed by atoms with E-state index in [2.05, 4.69) is 31.5 Å². The molecular weight excluding hydrogens is 396 g/mol. The number of aromatic nitrogens is 4. The van der Waals surface area contributed by atoms with Gasteiger partial charge in [-0.15, -0.1) is 5.10 Å². The predicted molar refractivity (Wildman–Crippen MR) is 88.8 cm³/mol. The van der Waals surface area contributed by atoms with Gasteiger partial charge in [-0.25, -0.2) is 0 Å². The van der Waals surface area contributed by atoms with E-state index in [1.807, 2.05) is 30.3 Å². The third kappa shape index (κ3) is 3.27. The Bertz CT molecular complexity index is 951. The maximum absolute atomic E-state index is 10.8. The van der Waals surface area contributed by atoms with E-state index in [0.29, 0.717) is 10.1 Å². The fourth-order valence-corrected chi connectivity index (χ4v) is 3.01. The van der Waals surface area contributed by atoms with E-state index < -0.39 is 4.92 Å². The van der Waals surface area contributed by atoms with E-state index in [0.717, 1.165) is 21.9 Å². The van der Waals surface area contributed by atoms with E-state index in [1.54, 1.807) is 0 Å². The van der Waals surface area contributed by atoms with Crippen molar-refractivity contribution >= 4 is 33.4 Å². The number of nitro benzene ring substituents is 1. The smallest absolute Gasteiger partial charge is 0.258 e. The largest absolute Gasteiger partial charge is 0.270 e. The number of tetrazole rings is 1. The molecule has 3 aromatic rings. The summed E-state index contributed by atoms with van der Waals surface area (Å²) in [4.78, 5) is 10.8. The van der Waals surface area contributed by atoms with Gasteiger partial charge in [0.05, 0.1) is 16.2 Å². The molecule has 0 spiro atoms. The van der Waals surface area contributed by atoms with Gasteiger partial charge in [-0.1, -0.05) is 15.9 Å². The first-order chi connectivity index (χ1) is 11.6. The van der Waals surface area contributed by atoms with Gasteiger partial charge in [-0.3, -0.25) is 10.1 Å². The van der Waals surface area contributed by atoms with Crippen LogP contribution in [0.2, 0.25) is 0 Å². The summed E-state index contributed by atoms with van der Waals surface area (Å²) in [5, 5.41) is 32.0. The lowest BCUT2D eigenvalue weighted by molar-refractivity contribution is -0.384. The van der Waals surface area contributed by atoms with Crippen LogP contribution < -0.4 is 0 Å². The van der Waals surface area contributed by atoms with Crippen LogP contribution in [0.25, 0.3) is 5.69 Å². The molecule has 1 heterocycles. The van der Waals surface area contributed by atoms with Crippen LogP contribution in [-0.2, 0) is 0 Å². The summed E-state index contributed by atoms with van der Waals surface area (Å²) in [5.41, 5.74) is 0.814. The minimum absolute atomic E-state index is 0.136. The summed E-state index contributed by atoms with van der Waals surface area (Å²) in [5.74, 6) is 0. The molecule has 0 fully saturated rings. The fourth-order valence-electron chi connectivity index (χ4n) is 1.89. The molecule has 0 unspecified atom stereocenters. The van der Waals surface area contributed by atoms with E-state index >= 15 is 0 Å². The SMILES string of the molecule is N#Cc1cc([N+](=O)[O-])ccc1Sc1nnnn1-c1ccc(Br)cc1. The zero-order chi connectivity index (χ0) is 17.1. The Morgan fingerprint density at radius 3 is 2.67 bits per heavy atom. The number of hydrogen-bond donors (Lipinski definition) is 0. The lowest BCUT2D eigenvalue weighted by Crippen LogP contribution is -1.99. The number of halogens is 1. The minimum atomic E-state index is -0.541. The van der Waals surface area contributed by atoms with Crippen molar-refractivity contribution in [1.82, 2.24) is 20.2 Å². The van der Waals surface area contributed by atoms with Crippen LogP contribution in [0, 0.1) is 21.4 Å². The monoisotopic (exact) mass is 402 g/mol. The van der Waals surface area contributed by atoms with Crippen LogP contribution in [0.4, 0.5) is 5.69 Å². The normalized spacial score (nSPS) is 10.3. The second-order valence-electron chi connectivity index (χ2n) is 4.50. The fraction of sp³-hybridized carbons (Fsp3) is 0. The van der Waals surface area contributed by atoms with Crippen LogP contribution in [0.5, 0.6) is 0 Å². The molecule has 3 rings (SSSR count). The standard InChI is InChI=1S/C14H7BrN6O2S/c15-10-1-3-11(4-2-10)20-14(17-18-19-20)24-13-6-5-12(21(22)23)7-9(13)8-16/h1-7H. The summed E-state index contributed by atoms with van der Waals surface area (Å²) < 4.78 is 2.45. The number of nitrogens with zero attached hydrogens (tertiary/aromatic N) is 6. The molecule has 0 aliphatic carbocycles. The van der Waals surface area contributed by atoms with Crippen molar-refractivity contribution in [2.75, 3.05) is 0 Å². The number of nitro groups is 1. The predicted octanol–water partition coefficient (Wildman–Crippen LogP) is 3.36. The number of nitriles is 1. The first-order valence-corrected chi connectivity index (χ1v) is 8.10. The highest BCUT2D eigenvalue weighted by Crippen LogP contribution is 2.31. The number of non-ortho nitro benzene ring substituents is 1. The Balaban J connectivity index is 1.96. The van der Waals surface area contributed by atoms with Crippen molar-refractivity contribution in [2.24, 2.45) is 0 Å². The molecule has 0 radical (unpaired) electrons. The third-order valence-corrected chi connectivity index (χ3v) is 4.55. The highest BCUT2D eigenvalue weighted by atomic mass is 79.9. The first-order valence-electron chi connectivity index (χ1n) is 6.49. The molecule has 10 heteroatoms. The third-order valence-electron chi connectivity index (χ3n) is 3.01. The Morgan fingerprint density at radius 1 is 1.25 bits per heavy atom. The lowest BCUT2D eigenvalue weighted by Gasteiger charge is -2.05. The molecule has 8 nitrogen and oxygen atoms in total. The molecule has 0 bridgehead atoms. The highest BCUT2D eigenvalue weighted by Gasteiger charge is 2.15. The highest BCUT2D eigenvalue weighted by molar-refractivity contribution is 9.10. The molecule has 2 aromatic carbocycles. The maximum Gasteiger partial charge on any atom is 0.270 e. The second kappa shape index (κ2) is 6.77. The molecule has 118 valence electrons. The minimum Gasteiger partial charge on any atom is -0.258 e. The van der Waals surface area contributed by atoms with Crippen LogP contribution in [0.1, 0.15) is 5.56 Å². The quantitative estimate of drug-likeness (QED) is 0.485. The van der Waals surface area contributed by atoms with E-state index in [1.165, 1.54) is 22.9 Å². The second-order valence-corrected chi connectivity index (χ2v) is 6.43. The Morgan fingerprint density at radius 2 is 2.00 bits per heavy atom. The van der Waals surface area contributed by atoms with Gasteiger partial charge in [0, 0.05) is 21.5 Å². The average Bonchev–Trinajstić information content (AvgIpc) is 3.04. The van der Waals surface area contributed by atoms with Gasteiger partial charge < -0.3 is 0 Å². The van der Waals surface area contributed by atoms with Gasteiger partial charge in [0.2, 0.25) is 5.16 Å². The molecule has 24 heavy (non-hydrogen) atoms. The molecule has 0 N–H and O–H groups in total. The molecular formula is C14H7BrN6O2S. The zero-order valence-corrected chi connectivity index (χ0v) is 14.2. The molecule has 0 aliphatic heterocycles.